The Labute approximate surface area is 125 Å². The van der Waals surface area contributed by atoms with Crippen molar-refractivity contribution in [2.45, 2.75) is 32.2 Å². The van der Waals surface area contributed by atoms with E-state index in [1.165, 1.54) is 0 Å². The first kappa shape index (κ1) is 15.5. The first-order valence-corrected chi connectivity index (χ1v) is 7.31. The van der Waals surface area contributed by atoms with E-state index in [1.807, 2.05) is 0 Å². The molecule has 1 aromatic heterocycles. The van der Waals surface area contributed by atoms with Crippen molar-refractivity contribution >= 4 is 11.7 Å². The van der Waals surface area contributed by atoms with E-state index in [4.69, 9.17) is 0 Å². The first-order chi connectivity index (χ1) is 10.1. The summed E-state index contributed by atoms with van der Waals surface area (Å²) in [6.45, 7) is 6.26. The average Bonchev–Trinajstić information content (AvgIpc) is 2.87. The summed E-state index contributed by atoms with van der Waals surface area (Å²) in [5.74, 6) is 0.580. The molecule has 2 rings (SSSR count). The summed E-state index contributed by atoms with van der Waals surface area (Å²) in [6, 6.07) is 3.77. The van der Waals surface area contributed by atoms with Crippen LogP contribution in [0.5, 0.6) is 0 Å². The fourth-order valence-electron chi connectivity index (χ4n) is 2.73. The number of pyridine rings is 1. The van der Waals surface area contributed by atoms with E-state index in [1.54, 1.807) is 24.4 Å². The van der Waals surface area contributed by atoms with E-state index >= 15 is 0 Å². The van der Waals surface area contributed by atoms with Gasteiger partial charge in [0.15, 0.2) is 0 Å². The molecule has 2 unspecified atom stereocenters. The molecule has 0 spiro atoms. The van der Waals surface area contributed by atoms with Crippen molar-refractivity contribution in [3.63, 3.8) is 0 Å². The predicted octanol–water partition coefficient (Wildman–Crippen LogP) is 1.96. The summed E-state index contributed by atoms with van der Waals surface area (Å²) in [5, 5.41) is 15.6. The van der Waals surface area contributed by atoms with Crippen LogP contribution in [-0.4, -0.2) is 35.2 Å². The van der Waals surface area contributed by atoms with Gasteiger partial charge in [-0.3, -0.25) is 4.79 Å². The van der Waals surface area contributed by atoms with Gasteiger partial charge in [-0.25, -0.2) is 4.98 Å². The number of carbonyl (C=O) groups excluding carboxylic acids is 1. The summed E-state index contributed by atoms with van der Waals surface area (Å²) in [5.41, 5.74) is 0.431. The number of aliphatic hydroxyl groups excluding tert-OH is 1. The quantitative estimate of drug-likeness (QED) is 0.700. The maximum Gasteiger partial charge on any atom is 0.253 e. The van der Waals surface area contributed by atoms with Crippen molar-refractivity contribution in [2.75, 3.05) is 18.5 Å². The summed E-state index contributed by atoms with van der Waals surface area (Å²) >= 11 is 0. The minimum Gasteiger partial charge on any atom is -0.396 e. The van der Waals surface area contributed by atoms with Gasteiger partial charge in [-0.05, 0) is 25.0 Å². The highest BCUT2D eigenvalue weighted by atomic mass is 16.3. The normalized spacial score (nSPS) is 24.6. The zero-order chi connectivity index (χ0) is 15.3. The van der Waals surface area contributed by atoms with Crippen LogP contribution < -0.4 is 10.6 Å². The number of anilines is 1. The molecule has 1 fully saturated rings. The fourth-order valence-corrected chi connectivity index (χ4v) is 2.73. The van der Waals surface area contributed by atoms with Crippen LogP contribution in [0.4, 0.5) is 5.82 Å². The van der Waals surface area contributed by atoms with Gasteiger partial charge >= 0.3 is 0 Å². The number of nitrogens with zero attached hydrogens (tertiary/aromatic N) is 1. The Hall–Kier alpha value is -1.88. The number of aliphatic hydroxyl groups is 1. The fraction of sp³-hybridized carbons (Fsp3) is 0.500. The molecule has 1 saturated carbocycles. The number of hydrogen-bond donors (Lipinski definition) is 3. The second kappa shape index (κ2) is 6.72. The molecule has 21 heavy (non-hydrogen) atoms. The van der Waals surface area contributed by atoms with E-state index in [-0.39, 0.29) is 24.0 Å². The lowest BCUT2D eigenvalue weighted by atomic mass is 9.86. The highest BCUT2D eigenvalue weighted by molar-refractivity contribution is 5.94. The molecule has 0 aromatic carbocycles. The van der Waals surface area contributed by atoms with Gasteiger partial charge in [-0.2, -0.15) is 0 Å². The molecule has 1 heterocycles. The Kier molecular flexibility index (Phi) is 4.96. The zero-order valence-corrected chi connectivity index (χ0v) is 12.4. The van der Waals surface area contributed by atoms with Gasteiger partial charge in [-0.1, -0.05) is 19.4 Å². The second-order valence-electron chi connectivity index (χ2n) is 5.83. The third-order valence-corrected chi connectivity index (χ3v) is 4.20. The van der Waals surface area contributed by atoms with Gasteiger partial charge in [0.25, 0.3) is 5.91 Å². The van der Waals surface area contributed by atoms with Crippen molar-refractivity contribution < 1.29 is 9.90 Å². The van der Waals surface area contributed by atoms with Gasteiger partial charge in [0.1, 0.15) is 5.82 Å². The average molecular weight is 289 g/mol. The van der Waals surface area contributed by atoms with Crippen molar-refractivity contribution in [3.8, 4) is 0 Å². The van der Waals surface area contributed by atoms with Crippen LogP contribution in [0.2, 0.25) is 0 Å². The lowest BCUT2D eigenvalue weighted by Gasteiger charge is -2.30. The van der Waals surface area contributed by atoms with Crippen molar-refractivity contribution in [1.82, 2.24) is 10.3 Å². The summed E-state index contributed by atoms with van der Waals surface area (Å²) < 4.78 is 0. The monoisotopic (exact) mass is 289 g/mol. The molecule has 1 amide bonds. The Morgan fingerprint density at radius 2 is 2.43 bits per heavy atom. The predicted molar refractivity (Wildman–Crippen MR) is 83.2 cm³/mol. The molecule has 0 saturated heterocycles. The molecule has 5 nitrogen and oxygen atoms in total. The SMILES string of the molecule is C=CCNC(=O)c1ccc(NC2CCCC2(C)CO)nc1. The molecule has 2 atom stereocenters. The maximum absolute atomic E-state index is 11.8. The maximum atomic E-state index is 11.8. The van der Waals surface area contributed by atoms with Crippen LogP contribution >= 0.6 is 0 Å². The second-order valence-corrected chi connectivity index (χ2v) is 5.83. The molecule has 0 bridgehead atoms. The van der Waals surface area contributed by atoms with Crippen LogP contribution in [0.25, 0.3) is 0 Å². The van der Waals surface area contributed by atoms with Crippen molar-refractivity contribution in [2.24, 2.45) is 5.41 Å². The minimum absolute atomic E-state index is 0.0955. The van der Waals surface area contributed by atoms with Gasteiger partial charge < -0.3 is 15.7 Å². The molecule has 3 N–H and O–H groups in total. The molecule has 0 aliphatic heterocycles. The number of hydrogen-bond acceptors (Lipinski definition) is 4. The zero-order valence-electron chi connectivity index (χ0n) is 12.4. The van der Waals surface area contributed by atoms with Crippen LogP contribution in [0.1, 0.15) is 36.5 Å². The molecule has 1 aliphatic rings. The van der Waals surface area contributed by atoms with E-state index in [2.05, 4.69) is 29.1 Å². The van der Waals surface area contributed by atoms with Gasteiger partial charge in [0.05, 0.1) is 12.2 Å². The van der Waals surface area contributed by atoms with Gasteiger partial charge in [0.2, 0.25) is 0 Å². The van der Waals surface area contributed by atoms with Crippen molar-refractivity contribution in [3.05, 3.63) is 36.5 Å². The van der Waals surface area contributed by atoms with Gasteiger partial charge in [0, 0.05) is 24.2 Å². The Morgan fingerprint density at radius 1 is 1.62 bits per heavy atom. The van der Waals surface area contributed by atoms with Crippen LogP contribution in [0, 0.1) is 5.41 Å². The Balaban J connectivity index is 1.99. The third-order valence-electron chi connectivity index (χ3n) is 4.20. The lowest BCUT2D eigenvalue weighted by molar-refractivity contribution is 0.0957. The van der Waals surface area contributed by atoms with Crippen LogP contribution in [0.15, 0.2) is 31.0 Å². The minimum atomic E-state index is -0.157. The summed E-state index contributed by atoms with van der Waals surface area (Å²) in [6.07, 6.45) is 6.35. The van der Waals surface area contributed by atoms with E-state index in [0.717, 1.165) is 25.1 Å². The van der Waals surface area contributed by atoms with Gasteiger partial charge in [-0.15, -0.1) is 6.58 Å². The van der Waals surface area contributed by atoms with E-state index in [9.17, 15) is 9.90 Å². The van der Waals surface area contributed by atoms with Crippen molar-refractivity contribution in [1.29, 1.82) is 0 Å². The highest BCUT2D eigenvalue weighted by Gasteiger charge is 2.38. The van der Waals surface area contributed by atoms with Crippen LogP contribution in [0.3, 0.4) is 0 Å². The molecular weight excluding hydrogens is 266 g/mol. The molecule has 1 aromatic rings. The highest BCUT2D eigenvalue weighted by Crippen LogP contribution is 2.38. The molecule has 0 radical (unpaired) electrons. The van der Waals surface area contributed by atoms with E-state index < -0.39 is 0 Å². The summed E-state index contributed by atoms with van der Waals surface area (Å²) in [7, 11) is 0. The number of nitrogens with one attached hydrogen (secondary N) is 2. The van der Waals surface area contributed by atoms with Crippen LogP contribution in [-0.2, 0) is 0 Å². The number of amides is 1. The number of carbonyl (C=O) groups is 1. The molecule has 5 heteroatoms. The lowest BCUT2D eigenvalue weighted by Crippen LogP contribution is -2.36. The largest absolute Gasteiger partial charge is 0.396 e. The van der Waals surface area contributed by atoms with E-state index in [0.29, 0.717) is 12.1 Å². The standard InChI is InChI=1S/C16H23N3O2/c1-3-9-17-15(21)12-6-7-14(18-10-12)19-13-5-4-8-16(13,2)11-20/h3,6-7,10,13,20H,1,4-5,8-9,11H2,2H3,(H,17,21)(H,18,19). The molecule has 114 valence electrons. The molecule has 1 aliphatic carbocycles. The Morgan fingerprint density at radius 3 is 3.05 bits per heavy atom. The Bertz CT molecular complexity index is 501. The first-order valence-electron chi connectivity index (χ1n) is 7.31. The topological polar surface area (TPSA) is 74.2 Å². The number of aromatic nitrogens is 1. The smallest absolute Gasteiger partial charge is 0.253 e. The number of rotatable bonds is 6. The molecular formula is C16H23N3O2. The summed E-state index contributed by atoms with van der Waals surface area (Å²) in [4.78, 5) is 16.0. The third kappa shape index (κ3) is 3.61.